The van der Waals surface area contributed by atoms with Crippen molar-refractivity contribution in [3.05, 3.63) is 48.2 Å². The van der Waals surface area contributed by atoms with Crippen LogP contribution in [0, 0.1) is 0 Å². The Labute approximate surface area is 131 Å². The summed E-state index contributed by atoms with van der Waals surface area (Å²) in [6.45, 7) is 2.27. The lowest BCUT2D eigenvalue weighted by atomic mass is 10.2. The molecule has 0 fully saturated rings. The first kappa shape index (κ1) is 16.3. The van der Waals surface area contributed by atoms with Crippen molar-refractivity contribution in [2.24, 2.45) is 0 Å². The lowest BCUT2D eigenvalue weighted by Gasteiger charge is -2.16. The van der Waals surface area contributed by atoms with Crippen LogP contribution in [-0.2, 0) is 16.4 Å². The van der Waals surface area contributed by atoms with Crippen molar-refractivity contribution in [1.29, 1.82) is 0 Å². The molecule has 0 aliphatic carbocycles. The van der Waals surface area contributed by atoms with Crippen LogP contribution in [0.15, 0.2) is 47.5 Å². The molecule has 6 heteroatoms. The molecular formula is C16H21N3O2S. The number of aromatic nitrogens is 1. The summed E-state index contributed by atoms with van der Waals surface area (Å²) in [7, 11) is 0.765. The zero-order valence-corrected chi connectivity index (χ0v) is 13.9. The Bertz CT molecular complexity index is 725. The predicted molar refractivity (Wildman–Crippen MR) is 90.1 cm³/mol. The minimum atomic E-state index is -3.14. The van der Waals surface area contributed by atoms with Crippen LogP contribution in [0.3, 0.4) is 0 Å². The molecule has 0 saturated carbocycles. The van der Waals surface area contributed by atoms with Crippen LogP contribution < -0.4 is 10.2 Å². The molecule has 1 N–H and O–H groups in total. The van der Waals surface area contributed by atoms with Gasteiger partial charge in [-0.15, -0.1) is 0 Å². The third kappa shape index (κ3) is 3.76. The van der Waals surface area contributed by atoms with E-state index in [1.807, 2.05) is 31.1 Å². The highest BCUT2D eigenvalue weighted by Crippen LogP contribution is 2.18. The summed E-state index contributed by atoms with van der Waals surface area (Å²) in [6.07, 6.45) is 1.77. The van der Waals surface area contributed by atoms with Crippen molar-refractivity contribution in [3.8, 4) is 0 Å². The highest BCUT2D eigenvalue weighted by molar-refractivity contribution is 7.91. The predicted octanol–water partition coefficient (Wildman–Crippen LogP) is 2.55. The fourth-order valence-electron chi connectivity index (χ4n) is 2.12. The molecule has 0 spiro atoms. The molecule has 0 radical (unpaired) electrons. The maximum atomic E-state index is 11.8. The summed E-state index contributed by atoms with van der Waals surface area (Å²) in [5.74, 6) is 1.03. The fourth-order valence-corrected chi connectivity index (χ4v) is 3.00. The molecule has 1 heterocycles. The van der Waals surface area contributed by atoms with Gasteiger partial charge >= 0.3 is 0 Å². The summed E-state index contributed by atoms with van der Waals surface area (Å²) in [5.41, 5.74) is 1.96. The topological polar surface area (TPSA) is 62.3 Å². The van der Waals surface area contributed by atoms with Gasteiger partial charge in [0.25, 0.3) is 0 Å². The number of benzene rings is 1. The van der Waals surface area contributed by atoms with Gasteiger partial charge in [0.05, 0.1) is 10.6 Å². The van der Waals surface area contributed by atoms with Gasteiger partial charge in [0.1, 0.15) is 5.82 Å². The Balaban J connectivity index is 2.10. The van der Waals surface area contributed by atoms with E-state index in [1.165, 1.54) is 0 Å². The standard InChI is InChI=1S/C16H21N3O2S/c1-4-22(20,21)15-9-7-14(8-10-15)18-12-13-6-5-11-17-16(13)19(2)3/h5-11,18H,4,12H2,1-3H3. The number of nitrogens with zero attached hydrogens (tertiary/aromatic N) is 2. The van der Waals surface area contributed by atoms with Crippen LogP contribution in [0.25, 0.3) is 0 Å². The molecule has 1 aromatic carbocycles. The summed E-state index contributed by atoms with van der Waals surface area (Å²) < 4.78 is 23.6. The molecule has 22 heavy (non-hydrogen) atoms. The Morgan fingerprint density at radius 2 is 1.82 bits per heavy atom. The van der Waals surface area contributed by atoms with E-state index >= 15 is 0 Å². The summed E-state index contributed by atoms with van der Waals surface area (Å²) in [6, 6.07) is 10.8. The number of hydrogen-bond acceptors (Lipinski definition) is 5. The normalized spacial score (nSPS) is 11.2. The van der Waals surface area contributed by atoms with E-state index in [-0.39, 0.29) is 5.75 Å². The van der Waals surface area contributed by atoms with Gasteiger partial charge < -0.3 is 10.2 Å². The molecule has 2 aromatic rings. The highest BCUT2D eigenvalue weighted by atomic mass is 32.2. The lowest BCUT2D eigenvalue weighted by Crippen LogP contribution is -2.14. The quantitative estimate of drug-likeness (QED) is 0.886. The zero-order valence-electron chi connectivity index (χ0n) is 13.1. The molecule has 0 aliphatic heterocycles. The first-order valence-corrected chi connectivity index (χ1v) is 8.77. The van der Waals surface area contributed by atoms with Crippen molar-refractivity contribution >= 4 is 21.3 Å². The van der Waals surface area contributed by atoms with Gasteiger partial charge in [-0.1, -0.05) is 13.0 Å². The molecular weight excluding hydrogens is 298 g/mol. The number of sulfone groups is 1. The molecule has 2 rings (SSSR count). The summed E-state index contributed by atoms with van der Waals surface area (Å²) in [5, 5.41) is 3.29. The molecule has 0 bridgehead atoms. The van der Waals surface area contributed by atoms with Crippen LogP contribution >= 0.6 is 0 Å². The summed E-state index contributed by atoms with van der Waals surface area (Å²) in [4.78, 5) is 6.68. The van der Waals surface area contributed by atoms with Crippen molar-refractivity contribution in [2.75, 3.05) is 30.1 Å². The van der Waals surface area contributed by atoms with Gasteiger partial charge in [0, 0.05) is 38.1 Å². The van der Waals surface area contributed by atoms with Crippen LogP contribution in [-0.4, -0.2) is 33.2 Å². The maximum Gasteiger partial charge on any atom is 0.178 e. The van der Waals surface area contributed by atoms with E-state index in [2.05, 4.69) is 10.3 Å². The average Bonchev–Trinajstić information content (AvgIpc) is 2.53. The van der Waals surface area contributed by atoms with Gasteiger partial charge in [-0.2, -0.15) is 0 Å². The number of nitrogens with one attached hydrogen (secondary N) is 1. The first-order chi connectivity index (χ1) is 10.4. The van der Waals surface area contributed by atoms with Crippen molar-refractivity contribution in [2.45, 2.75) is 18.4 Å². The van der Waals surface area contributed by atoms with Crippen LogP contribution in [0.2, 0.25) is 0 Å². The number of hydrogen-bond donors (Lipinski definition) is 1. The first-order valence-electron chi connectivity index (χ1n) is 7.12. The minimum Gasteiger partial charge on any atom is -0.381 e. The second kappa shape index (κ2) is 6.79. The van der Waals surface area contributed by atoms with Gasteiger partial charge in [0.2, 0.25) is 0 Å². The van der Waals surface area contributed by atoms with Crippen LogP contribution in [0.5, 0.6) is 0 Å². The largest absolute Gasteiger partial charge is 0.381 e. The number of rotatable bonds is 6. The van der Waals surface area contributed by atoms with Crippen molar-refractivity contribution in [3.63, 3.8) is 0 Å². The van der Waals surface area contributed by atoms with E-state index in [4.69, 9.17) is 0 Å². The Hall–Kier alpha value is -2.08. The number of pyridine rings is 1. The third-order valence-corrected chi connectivity index (χ3v) is 5.12. The van der Waals surface area contributed by atoms with E-state index in [1.54, 1.807) is 37.4 Å². The van der Waals surface area contributed by atoms with Gasteiger partial charge in [-0.05, 0) is 30.3 Å². The molecule has 1 aromatic heterocycles. The monoisotopic (exact) mass is 319 g/mol. The van der Waals surface area contributed by atoms with Gasteiger partial charge in [-0.25, -0.2) is 13.4 Å². The average molecular weight is 319 g/mol. The molecule has 0 atom stereocenters. The van der Waals surface area contributed by atoms with E-state index < -0.39 is 9.84 Å². The SMILES string of the molecule is CCS(=O)(=O)c1ccc(NCc2cccnc2N(C)C)cc1. The minimum absolute atomic E-state index is 0.113. The van der Waals surface area contributed by atoms with Crippen molar-refractivity contribution < 1.29 is 8.42 Å². The highest BCUT2D eigenvalue weighted by Gasteiger charge is 2.11. The molecule has 5 nitrogen and oxygen atoms in total. The van der Waals surface area contributed by atoms with Gasteiger partial charge in [-0.3, -0.25) is 0 Å². The molecule has 0 saturated heterocycles. The fraction of sp³-hybridized carbons (Fsp3) is 0.312. The number of anilines is 2. The second-order valence-corrected chi connectivity index (χ2v) is 7.44. The van der Waals surface area contributed by atoms with Gasteiger partial charge in [0.15, 0.2) is 9.84 Å². The van der Waals surface area contributed by atoms with E-state index in [0.717, 1.165) is 17.1 Å². The smallest absolute Gasteiger partial charge is 0.178 e. The van der Waals surface area contributed by atoms with Crippen LogP contribution in [0.1, 0.15) is 12.5 Å². The molecule has 118 valence electrons. The van der Waals surface area contributed by atoms with E-state index in [9.17, 15) is 8.42 Å². The third-order valence-electron chi connectivity index (χ3n) is 3.37. The summed E-state index contributed by atoms with van der Waals surface area (Å²) >= 11 is 0. The lowest BCUT2D eigenvalue weighted by molar-refractivity contribution is 0.597. The Morgan fingerprint density at radius 1 is 1.14 bits per heavy atom. The molecule has 0 unspecified atom stereocenters. The molecule has 0 amide bonds. The van der Waals surface area contributed by atoms with Crippen LogP contribution in [0.4, 0.5) is 11.5 Å². The van der Waals surface area contributed by atoms with Crippen molar-refractivity contribution in [1.82, 2.24) is 4.98 Å². The van der Waals surface area contributed by atoms with E-state index in [0.29, 0.717) is 11.4 Å². The Kier molecular flexibility index (Phi) is 5.03. The second-order valence-electron chi connectivity index (χ2n) is 5.16. The molecule has 0 aliphatic rings. The zero-order chi connectivity index (χ0) is 16.2. The maximum absolute atomic E-state index is 11.8. The Morgan fingerprint density at radius 3 is 2.41 bits per heavy atom.